The molecule has 158 valence electrons. The molecule has 0 aliphatic rings. The van der Waals surface area contributed by atoms with Gasteiger partial charge in [0.1, 0.15) is 0 Å². The van der Waals surface area contributed by atoms with Crippen LogP contribution in [0, 0.1) is 11.3 Å². The maximum absolute atomic E-state index is 13.0. The number of hydrogen-bond donors (Lipinski definition) is 1. The van der Waals surface area contributed by atoms with Crippen molar-refractivity contribution in [3.8, 4) is 17.2 Å². The fourth-order valence-electron chi connectivity index (χ4n) is 3.94. The first-order valence-electron chi connectivity index (χ1n) is 10.6. The summed E-state index contributed by atoms with van der Waals surface area (Å²) in [6.07, 6.45) is 0. The first-order chi connectivity index (χ1) is 15.6. The highest BCUT2D eigenvalue weighted by atomic mass is 16.2. The number of nitriles is 1. The summed E-state index contributed by atoms with van der Waals surface area (Å²) in [4.78, 5) is 14.8. The molecule has 4 aromatic carbocycles. The van der Waals surface area contributed by atoms with Crippen LogP contribution in [0.3, 0.4) is 0 Å². The van der Waals surface area contributed by atoms with Crippen molar-refractivity contribution < 1.29 is 4.79 Å². The van der Waals surface area contributed by atoms with Crippen molar-refractivity contribution in [1.82, 2.24) is 10.2 Å². The van der Waals surface area contributed by atoms with Crippen LogP contribution in [-0.4, -0.2) is 24.9 Å². The lowest BCUT2D eigenvalue weighted by Crippen LogP contribution is -2.26. The molecule has 0 aromatic heterocycles. The van der Waals surface area contributed by atoms with Crippen LogP contribution in [0.15, 0.2) is 84.9 Å². The Morgan fingerprint density at radius 2 is 1.62 bits per heavy atom. The average molecular weight is 420 g/mol. The molecule has 4 nitrogen and oxygen atoms in total. The number of fused-ring (bicyclic) bond motifs is 1. The lowest BCUT2D eigenvalue weighted by molar-refractivity contribution is 0.0785. The summed E-state index contributed by atoms with van der Waals surface area (Å²) in [6, 6.07) is 29.9. The Bertz CT molecular complexity index is 1290. The van der Waals surface area contributed by atoms with Crippen molar-refractivity contribution in [1.29, 1.82) is 5.26 Å². The lowest BCUT2D eigenvalue weighted by Gasteiger charge is -2.19. The zero-order valence-corrected chi connectivity index (χ0v) is 18.3. The van der Waals surface area contributed by atoms with Crippen LogP contribution in [0.5, 0.6) is 0 Å². The predicted octanol–water partition coefficient (Wildman–Crippen LogP) is 5.37. The van der Waals surface area contributed by atoms with Gasteiger partial charge in [-0.15, -0.1) is 0 Å². The molecule has 0 spiro atoms. The van der Waals surface area contributed by atoms with Crippen LogP contribution in [-0.2, 0) is 13.1 Å². The maximum atomic E-state index is 13.0. The van der Waals surface area contributed by atoms with Gasteiger partial charge in [0.2, 0.25) is 0 Å². The van der Waals surface area contributed by atoms with E-state index in [1.54, 1.807) is 17.0 Å². The van der Waals surface area contributed by atoms with Crippen molar-refractivity contribution in [2.75, 3.05) is 14.1 Å². The Morgan fingerprint density at radius 3 is 2.28 bits per heavy atom. The number of carbonyl (C=O) groups excluding carboxylic acids is 1. The molecule has 1 N–H and O–H groups in total. The van der Waals surface area contributed by atoms with E-state index in [9.17, 15) is 4.79 Å². The van der Waals surface area contributed by atoms with Crippen molar-refractivity contribution in [2.24, 2.45) is 0 Å². The second-order valence-corrected chi connectivity index (χ2v) is 7.93. The predicted molar refractivity (Wildman–Crippen MR) is 129 cm³/mol. The van der Waals surface area contributed by atoms with Gasteiger partial charge in [0, 0.05) is 25.7 Å². The molecule has 0 atom stereocenters. The van der Waals surface area contributed by atoms with Crippen molar-refractivity contribution in [3.63, 3.8) is 0 Å². The van der Waals surface area contributed by atoms with Gasteiger partial charge in [0.05, 0.1) is 11.6 Å². The number of nitrogens with one attached hydrogen (secondary N) is 1. The molecule has 0 radical (unpaired) electrons. The van der Waals surface area contributed by atoms with E-state index in [2.05, 4.69) is 41.7 Å². The van der Waals surface area contributed by atoms with Gasteiger partial charge in [-0.3, -0.25) is 4.79 Å². The van der Waals surface area contributed by atoms with Crippen LogP contribution in [0.1, 0.15) is 27.0 Å². The normalized spacial score (nSPS) is 10.7. The number of carbonyl (C=O) groups is 1. The molecule has 0 saturated heterocycles. The first-order valence-corrected chi connectivity index (χ1v) is 10.6. The molecular formula is C28H25N3O. The van der Waals surface area contributed by atoms with Crippen LogP contribution < -0.4 is 5.32 Å². The molecule has 0 unspecified atom stereocenters. The molecular weight excluding hydrogens is 394 g/mol. The SMILES string of the molecule is CNCc1ccc2c(CN(C)C(=O)c3ccc(-c4ccc(C#N)cc4)cc3)cccc2c1. The molecule has 4 rings (SSSR count). The first kappa shape index (κ1) is 21.3. The van der Waals surface area contributed by atoms with E-state index in [1.165, 1.54) is 16.3 Å². The van der Waals surface area contributed by atoms with Gasteiger partial charge in [-0.2, -0.15) is 5.26 Å². The van der Waals surface area contributed by atoms with E-state index < -0.39 is 0 Å². The van der Waals surface area contributed by atoms with E-state index >= 15 is 0 Å². The molecule has 0 aliphatic carbocycles. The van der Waals surface area contributed by atoms with Crippen molar-refractivity contribution in [2.45, 2.75) is 13.1 Å². The third-order valence-corrected chi connectivity index (χ3v) is 5.65. The van der Waals surface area contributed by atoms with Gasteiger partial charge in [0.15, 0.2) is 0 Å². The third kappa shape index (κ3) is 4.54. The minimum atomic E-state index is -0.0137. The summed E-state index contributed by atoms with van der Waals surface area (Å²) >= 11 is 0. The highest BCUT2D eigenvalue weighted by Gasteiger charge is 2.14. The summed E-state index contributed by atoms with van der Waals surface area (Å²) < 4.78 is 0. The van der Waals surface area contributed by atoms with Gasteiger partial charge in [-0.05, 0) is 70.4 Å². The largest absolute Gasteiger partial charge is 0.337 e. The Balaban J connectivity index is 1.50. The monoisotopic (exact) mass is 419 g/mol. The molecule has 4 aromatic rings. The number of amides is 1. The zero-order chi connectivity index (χ0) is 22.5. The minimum absolute atomic E-state index is 0.0137. The smallest absolute Gasteiger partial charge is 0.253 e. The summed E-state index contributed by atoms with van der Waals surface area (Å²) in [5, 5.41) is 14.5. The fourth-order valence-corrected chi connectivity index (χ4v) is 3.94. The van der Waals surface area contributed by atoms with Crippen molar-refractivity contribution in [3.05, 3.63) is 107 Å². The molecule has 4 heteroatoms. The van der Waals surface area contributed by atoms with Gasteiger partial charge in [0.25, 0.3) is 5.91 Å². The average Bonchev–Trinajstić information content (AvgIpc) is 2.84. The lowest BCUT2D eigenvalue weighted by atomic mass is 10.0. The van der Waals surface area contributed by atoms with Crippen LogP contribution in [0.25, 0.3) is 21.9 Å². The highest BCUT2D eigenvalue weighted by Crippen LogP contribution is 2.23. The van der Waals surface area contributed by atoms with E-state index in [0.29, 0.717) is 17.7 Å². The number of nitrogens with zero attached hydrogens (tertiary/aromatic N) is 2. The second kappa shape index (κ2) is 9.47. The van der Waals surface area contributed by atoms with Gasteiger partial charge in [-0.25, -0.2) is 0 Å². The molecule has 0 bridgehead atoms. The second-order valence-electron chi connectivity index (χ2n) is 7.93. The Kier molecular flexibility index (Phi) is 6.30. The van der Waals surface area contributed by atoms with Crippen molar-refractivity contribution >= 4 is 16.7 Å². The molecule has 1 amide bonds. The standard InChI is InChI=1S/C28H25N3O/c1-30-18-21-8-15-27-25(16-21)4-3-5-26(27)19-31(2)28(32)24-13-11-23(12-14-24)22-9-6-20(17-29)7-10-22/h3-16,30H,18-19H2,1-2H3. The van der Waals surface area contributed by atoms with E-state index in [-0.39, 0.29) is 5.91 Å². The van der Waals surface area contributed by atoms with E-state index in [4.69, 9.17) is 5.26 Å². The van der Waals surface area contributed by atoms with E-state index in [0.717, 1.165) is 23.2 Å². The fraction of sp³-hybridized carbons (Fsp3) is 0.143. The molecule has 0 heterocycles. The molecule has 0 fully saturated rings. The van der Waals surface area contributed by atoms with Gasteiger partial charge in [-0.1, -0.05) is 54.6 Å². The van der Waals surface area contributed by atoms with Gasteiger partial charge >= 0.3 is 0 Å². The summed E-state index contributed by atoms with van der Waals surface area (Å²) in [5.74, 6) is -0.0137. The molecule has 0 aliphatic heterocycles. The number of hydrogen-bond acceptors (Lipinski definition) is 3. The quantitative estimate of drug-likeness (QED) is 0.457. The van der Waals surface area contributed by atoms with Crippen LogP contribution in [0.2, 0.25) is 0 Å². The summed E-state index contributed by atoms with van der Waals surface area (Å²) in [7, 11) is 3.78. The van der Waals surface area contributed by atoms with E-state index in [1.807, 2.05) is 56.6 Å². The zero-order valence-electron chi connectivity index (χ0n) is 18.3. The molecule has 0 saturated carbocycles. The Morgan fingerprint density at radius 1 is 0.938 bits per heavy atom. The maximum Gasteiger partial charge on any atom is 0.253 e. The van der Waals surface area contributed by atoms with Gasteiger partial charge < -0.3 is 10.2 Å². The third-order valence-electron chi connectivity index (χ3n) is 5.65. The number of benzene rings is 4. The van der Waals surface area contributed by atoms with Crippen LogP contribution >= 0.6 is 0 Å². The summed E-state index contributed by atoms with van der Waals surface area (Å²) in [5.41, 5.74) is 5.69. The molecule has 32 heavy (non-hydrogen) atoms. The Hall–Kier alpha value is -3.94. The minimum Gasteiger partial charge on any atom is -0.337 e. The Labute approximate surface area is 188 Å². The number of rotatable bonds is 6. The topological polar surface area (TPSA) is 56.1 Å². The highest BCUT2D eigenvalue weighted by molar-refractivity contribution is 5.95. The summed E-state index contributed by atoms with van der Waals surface area (Å²) in [6.45, 7) is 1.37. The van der Waals surface area contributed by atoms with Crippen LogP contribution in [0.4, 0.5) is 0 Å².